The molecule has 28 heavy (non-hydrogen) atoms. The lowest BCUT2D eigenvalue weighted by atomic mass is 10.1. The number of rotatable bonds is 7. The Morgan fingerprint density at radius 1 is 1.32 bits per heavy atom. The molecule has 0 aliphatic rings. The number of amides is 1. The number of anilines is 2. The molecule has 0 bridgehead atoms. The van der Waals surface area contributed by atoms with Crippen molar-refractivity contribution in [3.8, 4) is 0 Å². The van der Waals surface area contributed by atoms with E-state index in [-0.39, 0.29) is 29.0 Å². The highest BCUT2D eigenvalue weighted by Crippen LogP contribution is 2.35. The summed E-state index contributed by atoms with van der Waals surface area (Å²) in [5.74, 6) is -1.43. The fourth-order valence-corrected chi connectivity index (χ4v) is 3.23. The van der Waals surface area contributed by atoms with Crippen LogP contribution in [0.1, 0.15) is 24.9 Å². The van der Waals surface area contributed by atoms with Gasteiger partial charge in [-0.15, -0.1) is 10.2 Å². The smallest absolute Gasteiger partial charge is 0.418 e. The van der Waals surface area contributed by atoms with Crippen molar-refractivity contribution in [2.75, 3.05) is 23.9 Å². The summed E-state index contributed by atoms with van der Waals surface area (Å²) < 4.78 is 45.3. The Labute approximate surface area is 162 Å². The lowest BCUT2D eigenvalue weighted by Crippen LogP contribution is -2.28. The van der Waals surface area contributed by atoms with Crippen LogP contribution in [0.15, 0.2) is 29.4 Å². The number of nitrogens with one attached hydrogen (secondary N) is 1. The summed E-state index contributed by atoms with van der Waals surface area (Å²) in [6.45, 7) is 1.66. The first-order chi connectivity index (χ1) is 13.2. The largest absolute Gasteiger partial charge is 0.468 e. The first-order valence-corrected chi connectivity index (χ1v) is 9.04. The number of methoxy groups -OCH3 is 1. The van der Waals surface area contributed by atoms with E-state index in [1.165, 1.54) is 23.8 Å². The van der Waals surface area contributed by atoms with Crippen molar-refractivity contribution in [3.05, 3.63) is 29.8 Å². The fourth-order valence-electron chi connectivity index (χ4n) is 2.40. The van der Waals surface area contributed by atoms with Crippen molar-refractivity contribution in [2.24, 2.45) is 0 Å². The molecular weight excluding hydrogens is 399 g/mol. The van der Waals surface area contributed by atoms with E-state index in [1.54, 1.807) is 6.92 Å². The Morgan fingerprint density at radius 2 is 2.00 bits per heavy atom. The van der Waals surface area contributed by atoms with Crippen LogP contribution in [0.25, 0.3) is 0 Å². The van der Waals surface area contributed by atoms with Crippen LogP contribution in [-0.2, 0) is 20.5 Å². The van der Waals surface area contributed by atoms with Gasteiger partial charge in [-0.25, -0.2) is 0 Å². The van der Waals surface area contributed by atoms with Gasteiger partial charge in [0.2, 0.25) is 11.9 Å². The Kier molecular flexibility index (Phi) is 6.89. The third-order valence-electron chi connectivity index (χ3n) is 3.73. The number of thioether (sulfide) groups is 1. The summed E-state index contributed by atoms with van der Waals surface area (Å²) in [6, 6.07) is 3.68. The molecule has 0 saturated heterocycles. The number of carbonyl (C=O) groups is 2. The molecule has 8 nitrogen and oxygen atoms in total. The quantitative estimate of drug-likeness (QED) is 0.526. The minimum atomic E-state index is -4.62. The molecule has 0 radical (unpaired) electrons. The van der Waals surface area contributed by atoms with Gasteiger partial charge in [0.15, 0.2) is 5.16 Å². The molecule has 0 spiro atoms. The molecule has 1 aromatic carbocycles. The molecule has 1 heterocycles. The number of para-hydroxylation sites is 1. The number of benzene rings is 1. The summed E-state index contributed by atoms with van der Waals surface area (Å²) >= 11 is 0.950. The van der Waals surface area contributed by atoms with Crippen LogP contribution in [0.2, 0.25) is 0 Å². The summed E-state index contributed by atoms with van der Waals surface area (Å²) in [7, 11) is 1.22. The van der Waals surface area contributed by atoms with Crippen molar-refractivity contribution in [1.29, 1.82) is 0 Å². The third-order valence-corrected chi connectivity index (χ3v) is 4.65. The van der Waals surface area contributed by atoms with Crippen LogP contribution < -0.4 is 11.1 Å². The van der Waals surface area contributed by atoms with Crippen molar-refractivity contribution in [2.45, 2.75) is 30.7 Å². The van der Waals surface area contributed by atoms with E-state index in [2.05, 4.69) is 20.3 Å². The number of nitrogens with two attached hydrogens (primary N) is 1. The molecule has 12 heteroatoms. The minimum Gasteiger partial charge on any atom is -0.468 e. The SMILES string of the molecule is CCC(C(=O)Nc1ccccc1C(F)(F)F)n1c(N)nnc1SCC(=O)OC. The summed E-state index contributed by atoms with van der Waals surface area (Å²) in [5, 5.41) is 9.98. The van der Waals surface area contributed by atoms with Gasteiger partial charge in [0.1, 0.15) is 6.04 Å². The average molecular weight is 417 g/mol. The number of carbonyl (C=O) groups excluding carboxylic acids is 2. The van der Waals surface area contributed by atoms with Gasteiger partial charge in [-0.1, -0.05) is 30.8 Å². The van der Waals surface area contributed by atoms with Crippen molar-refractivity contribution < 1.29 is 27.5 Å². The first kappa shape index (κ1) is 21.5. The zero-order chi connectivity index (χ0) is 20.9. The monoisotopic (exact) mass is 417 g/mol. The predicted octanol–water partition coefficient (Wildman–Crippen LogP) is 2.73. The standard InChI is InChI=1S/C16H18F3N5O3S/c1-3-11(24-14(20)22-23-15(24)28-8-12(25)27-2)13(26)21-10-7-5-4-6-9(10)16(17,18)19/h4-7,11H,3,8H2,1-2H3,(H2,20,22)(H,21,26). The lowest BCUT2D eigenvalue weighted by molar-refractivity contribution is -0.138. The number of hydrogen-bond donors (Lipinski definition) is 2. The molecule has 0 aliphatic heterocycles. The highest BCUT2D eigenvalue weighted by Gasteiger charge is 2.34. The van der Waals surface area contributed by atoms with Crippen LogP contribution in [0.4, 0.5) is 24.8 Å². The molecule has 2 aromatic rings. The number of esters is 1. The molecule has 2 rings (SSSR count). The third kappa shape index (κ3) is 4.94. The number of nitrogen functional groups attached to an aromatic ring is 1. The van der Waals surface area contributed by atoms with Crippen LogP contribution in [-0.4, -0.2) is 39.5 Å². The van der Waals surface area contributed by atoms with E-state index in [0.29, 0.717) is 0 Å². The molecule has 0 fully saturated rings. The Bertz CT molecular complexity index is 856. The van der Waals surface area contributed by atoms with Gasteiger partial charge in [0.05, 0.1) is 24.1 Å². The Morgan fingerprint density at radius 3 is 2.61 bits per heavy atom. The number of ether oxygens (including phenoxy) is 1. The Balaban J connectivity index is 2.28. The van der Waals surface area contributed by atoms with E-state index in [9.17, 15) is 22.8 Å². The molecule has 0 aliphatic carbocycles. The molecular formula is C16H18F3N5O3S. The topological polar surface area (TPSA) is 112 Å². The lowest BCUT2D eigenvalue weighted by Gasteiger charge is -2.20. The van der Waals surface area contributed by atoms with Gasteiger partial charge >= 0.3 is 12.1 Å². The number of aromatic nitrogens is 3. The zero-order valence-corrected chi connectivity index (χ0v) is 15.8. The second-order valence-electron chi connectivity index (χ2n) is 5.53. The van der Waals surface area contributed by atoms with Gasteiger partial charge in [-0.05, 0) is 18.6 Å². The van der Waals surface area contributed by atoms with Gasteiger partial charge < -0.3 is 15.8 Å². The maximum Gasteiger partial charge on any atom is 0.418 e. The van der Waals surface area contributed by atoms with Gasteiger partial charge in [0.25, 0.3) is 0 Å². The Hall–Kier alpha value is -2.76. The number of nitrogens with zero attached hydrogens (tertiary/aromatic N) is 3. The molecule has 1 unspecified atom stereocenters. The normalized spacial score (nSPS) is 12.5. The maximum atomic E-state index is 13.1. The van der Waals surface area contributed by atoms with Gasteiger partial charge in [-0.2, -0.15) is 13.2 Å². The van der Waals surface area contributed by atoms with Gasteiger partial charge in [0, 0.05) is 0 Å². The summed E-state index contributed by atoms with van der Waals surface area (Å²) in [4.78, 5) is 24.0. The molecule has 1 atom stereocenters. The van der Waals surface area contributed by atoms with E-state index in [4.69, 9.17) is 5.73 Å². The van der Waals surface area contributed by atoms with Crippen molar-refractivity contribution in [1.82, 2.24) is 14.8 Å². The number of alkyl halides is 3. The fraction of sp³-hybridized carbons (Fsp3) is 0.375. The van der Waals surface area contributed by atoms with Crippen LogP contribution in [0, 0.1) is 0 Å². The van der Waals surface area contributed by atoms with Crippen LogP contribution in [0.5, 0.6) is 0 Å². The zero-order valence-electron chi connectivity index (χ0n) is 15.0. The second-order valence-corrected chi connectivity index (χ2v) is 6.47. The van der Waals surface area contributed by atoms with Crippen molar-refractivity contribution >= 4 is 35.3 Å². The summed E-state index contributed by atoms with van der Waals surface area (Å²) in [5.41, 5.74) is 4.46. The molecule has 3 N–H and O–H groups in total. The average Bonchev–Trinajstić information content (AvgIpc) is 3.00. The van der Waals surface area contributed by atoms with E-state index >= 15 is 0 Å². The van der Waals surface area contributed by atoms with Crippen LogP contribution >= 0.6 is 11.8 Å². The number of halogens is 3. The van der Waals surface area contributed by atoms with Crippen LogP contribution in [0.3, 0.4) is 0 Å². The maximum absolute atomic E-state index is 13.1. The predicted molar refractivity (Wildman–Crippen MR) is 96.6 cm³/mol. The molecule has 1 amide bonds. The first-order valence-electron chi connectivity index (χ1n) is 8.06. The van der Waals surface area contributed by atoms with E-state index in [1.807, 2.05) is 0 Å². The molecule has 0 saturated carbocycles. The van der Waals surface area contributed by atoms with E-state index < -0.39 is 29.7 Å². The number of hydrogen-bond acceptors (Lipinski definition) is 7. The van der Waals surface area contributed by atoms with E-state index in [0.717, 1.165) is 23.9 Å². The van der Waals surface area contributed by atoms with Gasteiger partial charge in [-0.3, -0.25) is 14.2 Å². The second kappa shape index (κ2) is 8.95. The highest BCUT2D eigenvalue weighted by atomic mass is 32.2. The van der Waals surface area contributed by atoms with Crippen molar-refractivity contribution in [3.63, 3.8) is 0 Å². The molecule has 1 aromatic heterocycles. The highest BCUT2D eigenvalue weighted by molar-refractivity contribution is 7.99. The minimum absolute atomic E-state index is 0.0937. The summed E-state index contributed by atoms with van der Waals surface area (Å²) in [6.07, 6.45) is -4.42. The molecule has 152 valence electrons.